The Kier molecular flexibility index (Phi) is 5.05. The molecule has 0 bridgehead atoms. The number of aromatic hydroxyl groups is 1. The molecule has 5 nitrogen and oxygen atoms in total. The SMILES string of the molecule is COc1ccc(C(C)NCC(C)(C)S(C)(=O)=O)c(O)c1. The Hall–Kier alpha value is -1.27. The van der Waals surface area contributed by atoms with Crippen molar-refractivity contribution in [3.8, 4) is 11.5 Å². The molecule has 2 N–H and O–H groups in total. The lowest BCUT2D eigenvalue weighted by molar-refractivity contribution is 0.403. The molecule has 1 rings (SSSR count). The Morgan fingerprint density at radius 3 is 2.45 bits per heavy atom. The van der Waals surface area contributed by atoms with E-state index in [1.54, 1.807) is 26.0 Å². The van der Waals surface area contributed by atoms with Crippen LogP contribution in [0.3, 0.4) is 0 Å². The molecule has 0 aliphatic carbocycles. The molecule has 114 valence electrons. The molecule has 20 heavy (non-hydrogen) atoms. The summed E-state index contributed by atoms with van der Waals surface area (Å²) in [4.78, 5) is 0. The smallest absolute Gasteiger partial charge is 0.153 e. The molecule has 0 amide bonds. The van der Waals surface area contributed by atoms with Crippen LogP contribution in [0, 0.1) is 0 Å². The van der Waals surface area contributed by atoms with E-state index in [0.29, 0.717) is 17.9 Å². The van der Waals surface area contributed by atoms with Crippen LogP contribution >= 0.6 is 0 Å². The summed E-state index contributed by atoms with van der Waals surface area (Å²) >= 11 is 0. The van der Waals surface area contributed by atoms with E-state index in [9.17, 15) is 13.5 Å². The molecule has 0 radical (unpaired) electrons. The Labute approximate surface area is 120 Å². The summed E-state index contributed by atoms with van der Waals surface area (Å²) in [7, 11) is -1.61. The lowest BCUT2D eigenvalue weighted by Crippen LogP contribution is -2.42. The van der Waals surface area contributed by atoms with Gasteiger partial charge < -0.3 is 15.2 Å². The van der Waals surface area contributed by atoms with E-state index in [-0.39, 0.29) is 11.8 Å². The zero-order valence-corrected chi connectivity index (χ0v) is 13.4. The third-order valence-corrected chi connectivity index (χ3v) is 5.69. The second kappa shape index (κ2) is 6.01. The topological polar surface area (TPSA) is 75.6 Å². The number of hydrogen-bond acceptors (Lipinski definition) is 5. The van der Waals surface area contributed by atoms with Crippen molar-refractivity contribution < 1.29 is 18.3 Å². The average molecular weight is 301 g/mol. The standard InChI is InChI=1S/C14H23NO4S/c1-10(15-9-14(2,3)20(5,17)18)12-7-6-11(19-4)8-13(12)16/h6-8,10,15-16H,9H2,1-5H3. The molecule has 0 saturated heterocycles. The summed E-state index contributed by atoms with van der Waals surface area (Å²) in [6.45, 7) is 5.53. The van der Waals surface area contributed by atoms with Gasteiger partial charge >= 0.3 is 0 Å². The second-order valence-corrected chi connectivity index (χ2v) is 8.21. The number of ether oxygens (including phenoxy) is 1. The van der Waals surface area contributed by atoms with Crippen LogP contribution in [-0.2, 0) is 9.84 Å². The summed E-state index contributed by atoms with van der Waals surface area (Å²) in [6, 6.07) is 4.89. The highest BCUT2D eigenvalue weighted by atomic mass is 32.2. The van der Waals surface area contributed by atoms with Gasteiger partial charge in [0.2, 0.25) is 0 Å². The van der Waals surface area contributed by atoms with Gasteiger partial charge in [0, 0.05) is 30.5 Å². The lowest BCUT2D eigenvalue weighted by Gasteiger charge is -2.26. The van der Waals surface area contributed by atoms with Crippen molar-refractivity contribution in [1.82, 2.24) is 5.32 Å². The predicted octanol–water partition coefficient (Wildman–Crippen LogP) is 1.87. The molecular formula is C14H23NO4S. The van der Waals surface area contributed by atoms with Gasteiger partial charge in [-0.2, -0.15) is 0 Å². The van der Waals surface area contributed by atoms with Crippen molar-refractivity contribution >= 4 is 9.84 Å². The van der Waals surface area contributed by atoms with E-state index in [2.05, 4.69) is 5.32 Å². The third kappa shape index (κ3) is 3.86. The lowest BCUT2D eigenvalue weighted by atomic mass is 10.1. The van der Waals surface area contributed by atoms with Gasteiger partial charge in [0.15, 0.2) is 9.84 Å². The highest BCUT2D eigenvalue weighted by Gasteiger charge is 2.30. The molecular weight excluding hydrogens is 278 g/mol. The van der Waals surface area contributed by atoms with Gasteiger partial charge in [-0.1, -0.05) is 6.07 Å². The fraction of sp³-hybridized carbons (Fsp3) is 0.571. The third-order valence-electron chi connectivity index (χ3n) is 3.54. The molecule has 0 aliphatic rings. The minimum Gasteiger partial charge on any atom is -0.507 e. The first-order valence-electron chi connectivity index (χ1n) is 6.38. The number of phenols is 1. The average Bonchev–Trinajstić information content (AvgIpc) is 2.34. The van der Waals surface area contributed by atoms with Crippen LogP contribution in [0.15, 0.2) is 18.2 Å². The molecule has 0 aliphatic heterocycles. The molecule has 0 fully saturated rings. The number of sulfone groups is 1. The van der Waals surface area contributed by atoms with Crippen LogP contribution < -0.4 is 10.1 Å². The quantitative estimate of drug-likeness (QED) is 0.839. The van der Waals surface area contributed by atoms with Crippen molar-refractivity contribution in [2.75, 3.05) is 19.9 Å². The van der Waals surface area contributed by atoms with Crippen molar-refractivity contribution in [3.63, 3.8) is 0 Å². The summed E-state index contributed by atoms with van der Waals surface area (Å²) in [6.07, 6.45) is 1.23. The Morgan fingerprint density at radius 1 is 1.40 bits per heavy atom. The van der Waals surface area contributed by atoms with E-state index in [1.165, 1.54) is 19.4 Å². The molecule has 0 aromatic heterocycles. The van der Waals surface area contributed by atoms with E-state index in [1.807, 2.05) is 6.92 Å². The second-order valence-electron chi connectivity index (χ2n) is 5.56. The number of hydrogen-bond donors (Lipinski definition) is 2. The van der Waals surface area contributed by atoms with Crippen molar-refractivity contribution in [3.05, 3.63) is 23.8 Å². The minimum absolute atomic E-state index is 0.126. The monoisotopic (exact) mass is 301 g/mol. The molecule has 1 atom stereocenters. The minimum atomic E-state index is -3.15. The summed E-state index contributed by atoms with van der Waals surface area (Å²) < 4.78 is 27.5. The van der Waals surface area contributed by atoms with Crippen molar-refractivity contribution in [2.24, 2.45) is 0 Å². The van der Waals surface area contributed by atoms with E-state index >= 15 is 0 Å². The highest BCUT2D eigenvalue weighted by molar-refractivity contribution is 7.92. The van der Waals surface area contributed by atoms with Gasteiger partial charge in [0.1, 0.15) is 11.5 Å². The largest absolute Gasteiger partial charge is 0.507 e. The van der Waals surface area contributed by atoms with Gasteiger partial charge in [-0.15, -0.1) is 0 Å². The Balaban J connectivity index is 2.80. The first-order chi connectivity index (χ1) is 9.08. The highest BCUT2D eigenvalue weighted by Crippen LogP contribution is 2.28. The van der Waals surface area contributed by atoms with Gasteiger partial charge in [-0.25, -0.2) is 8.42 Å². The number of benzene rings is 1. The Morgan fingerprint density at radius 2 is 2.00 bits per heavy atom. The number of nitrogens with one attached hydrogen (secondary N) is 1. The van der Waals surface area contributed by atoms with Crippen molar-refractivity contribution in [2.45, 2.75) is 31.6 Å². The zero-order valence-electron chi connectivity index (χ0n) is 12.6. The van der Waals surface area contributed by atoms with E-state index in [0.717, 1.165) is 0 Å². The summed E-state index contributed by atoms with van der Waals surface area (Å²) in [5.74, 6) is 0.705. The molecule has 1 aromatic carbocycles. The molecule has 0 spiro atoms. The molecule has 1 aromatic rings. The summed E-state index contributed by atoms with van der Waals surface area (Å²) in [5, 5.41) is 13.1. The zero-order chi connectivity index (χ0) is 15.6. The van der Waals surface area contributed by atoms with Gasteiger partial charge in [-0.05, 0) is 26.8 Å². The van der Waals surface area contributed by atoms with Crippen LogP contribution in [0.4, 0.5) is 0 Å². The van der Waals surface area contributed by atoms with Crippen LogP contribution in [-0.4, -0.2) is 38.2 Å². The maximum Gasteiger partial charge on any atom is 0.153 e. The van der Waals surface area contributed by atoms with Gasteiger partial charge in [-0.3, -0.25) is 0 Å². The first-order valence-corrected chi connectivity index (χ1v) is 8.27. The van der Waals surface area contributed by atoms with Crippen molar-refractivity contribution in [1.29, 1.82) is 0 Å². The maximum absolute atomic E-state index is 11.6. The maximum atomic E-state index is 11.6. The normalized spacial score (nSPS) is 14.1. The molecule has 1 unspecified atom stereocenters. The number of methoxy groups -OCH3 is 1. The van der Waals surface area contributed by atoms with Crippen LogP contribution in [0.25, 0.3) is 0 Å². The predicted molar refractivity (Wildman–Crippen MR) is 80.0 cm³/mol. The first kappa shape index (κ1) is 16.8. The molecule has 6 heteroatoms. The van der Waals surface area contributed by atoms with Gasteiger partial charge in [0.05, 0.1) is 11.9 Å². The summed E-state index contributed by atoms with van der Waals surface area (Å²) in [5.41, 5.74) is 0.704. The number of rotatable bonds is 6. The van der Waals surface area contributed by atoms with Gasteiger partial charge in [0.25, 0.3) is 0 Å². The fourth-order valence-electron chi connectivity index (χ4n) is 1.66. The van der Waals surface area contributed by atoms with E-state index < -0.39 is 14.6 Å². The molecule has 0 heterocycles. The number of phenolic OH excluding ortho intramolecular Hbond substituents is 1. The molecule has 0 saturated carbocycles. The van der Waals surface area contributed by atoms with Crippen LogP contribution in [0.1, 0.15) is 32.4 Å². The van der Waals surface area contributed by atoms with Crippen LogP contribution in [0.2, 0.25) is 0 Å². The van der Waals surface area contributed by atoms with Crippen LogP contribution in [0.5, 0.6) is 11.5 Å². The van der Waals surface area contributed by atoms with E-state index in [4.69, 9.17) is 4.74 Å². The fourth-order valence-corrected chi connectivity index (χ4v) is 2.00. The Bertz CT molecular complexity index is 567.